The molecule has 7 atom stereocenters. The van der Waals surface area contributed by atoms with Crippen LogP contribution in [-0.2, 0) is 14.3 Å². The second-order valence-corrected chi connectivity index (χ2v) is 18.7. The number of carbonyl (C=O) groups excluding carboxylic acids is 1. The Balaban J connectivity index is 2.28. The van der Waals surface area contributed by atoms with Gasteiger partial charge in [-0.15, -0.1) is 0 Å². The lowest BCUT2D eigenvalue weighted by atomic mass is 9.99. The van der Waals surface area contributed by atoms with Crippen molar-refractivity contribution in [2.24, 2.45) is 0 Å². The Morgan fingerprint density at radius 3 is 1.35 bits per heavy atom. The summed E-state index contributed by atoms with van der Waals surface area (Å²) in [4.78, 5) is 13.0. The minimum atomic E-state index is -1.57. The molecule has 1 heterocycles. The van der Waals surface area contributed by atoms with E-state index in [9.17, 15) is 30.3 Å². The first-order valence-electron chi connectivity index (χ1n) is 26.6. The molecule has 0 spiro atoms. The molecule has 9 nitrogen and oxygen atoms in total. The molecule has 0 bridgehead atoms. The molecule has 0 saturated carbocycles. The molecule has 9 heteroatoms. The van der Waals surface area contributed by atoms with Crippen LogP contribution in [0.15, 0.2) is 24.3 Å². The topological polar surface area (TPSA) is 149 Å². The van der Waals surface area contributed by atoms with Crippen molar-refractivity contribution in [1.82, 2.24) is 5.32 Å². The van der Waals surface area contributed by atoms with Gasteiger partial charge >= 0.3 is 0 Å². The number of rotatable bonds is 45. The standard InChI is InChI=1S/C53H101NO8/c1-3-5-7-9-11-13-15-17-19-21-23-24-25-27-29-31-33-35-37-39-41-43-49(57)54-46(45-61-53-52(60)51(59)50(58)48(44-55)62-53)47(56)42-40-38-36-34-32-30-28-26-22-20-18-16-14-12-10-8-6-4-2/h32,34,40,42,46-48,50-53,55-56,58-60H,3-31,33,35-39,41,43-45H2,1-2H3,(H,54,57)/b34-32+,42-40+. The first-order valence-corrected chi connectivity index (χ1v) is 26.6. The van der Waals surface area contributed by atoms with Gasteiger partial charge in [0, 0.05) is 6.42 Å². The first-order chi connectivity index (χ1) is 30.3. The maximum atomic E-state index is 13.0. The number of aliphatic hydroxyl groups is 5. The van der Waals surface area contributed by atoms with Crippen LogP contribution in [0.25, 0.3) is 0 Å². The SMILES string of the molecule is CCCCCCCCCCCCCC/C=C/CC/C=C/C(O)C(COC1OC(CO)C(O)C(O)C1O)NC(=O)CCCCCCCCCCCCCCCCCCCCCCC. The average molecular weight is 880 g/mol. The summed E-state index contributed by atoms with van der Waals surface area (Å²) < 4.78 is 11.2. The molecule has 1 fully saturated rings. The van der Waals surface area contributed by atoms with E-state index in [1.165, 1.54) is 193 Å². The van der Waals surface area contributed by atoms with Gasteiger partial charge in [0.25, 0.3) is 0 Å². The average Bonchev–Trinajstić information content (AvgIpc) is 3.27. The fourth-order valence-electron chi connectivity index (χ4n) is 8.53. The summed E-state index contributed by atoms with van der Waals surface area (Å²) >= 11 is 0. The zero-order valence-corrected chi connectivity index (χ0v) is 40.4. The Kier molecular flexibility index (Phi) is 41.2. The molecule has 1 aliphatic rings. The molecular weight excluding hydrogens is 779 g/mol. The number of nitrogens with one attached hydrogen (secondary N) is 1. The summed E-state index contributed by atoms with van der Waals surface area (Å²) in [7, 11) is 0. The molecule has 62 heavy (non-hydrogen) atoms. The quantitative estimate of drug-likeness (QED) is 0.0262. The lowest BCUT2D eigenvalue weighted by molar-refractivity contribution is -0.302. The largest absolute Gasteiger partial charge is 0.394 e. The Morgan fingerprint density at radius 1 is 0.532 bits per heavy atom. The summed E-state index contributed by atoms with van der Waals surface area (Å²) in [6.45, 7) is 3.79. The monoisotopic (exact) mass is 880 g/mol. The van der Waals surface area contributed by atoms with E-state index in [1.807, 2.05) is 6.08 Å². The molecule has 1 amide bonds. The smallest absolute Gasteiger partial charge is 0.220 e. The number of aliphatic hydroxyl groups excluding tert-OH is 5. The van der Waals surface area contributed by atoms with E-state index in [0.717, 1.165) is 38.5 Å². The number of amides is 1. The van der Waals surface area contributed by atoms with Gasteiger partial charge in [-0.05, 0) is 32.1 Å². The van der Waals surface area contributed by atoms with Gasteiger partial charge in [0.05, 0.1) is 25.4 Å². The molecule has 1 aliphatic heterocycles. The van der Waals surface area contributed by atoms with Crippen molar-refractivity contribution < 1.29 is 39.8 Å². The van der Waals surface area contributed by atoms with Crippen LogP contribution in [0.2, 0.25) is 0 Å². The minimum Gasteiger partial charge on any atom is -0.394 e. The number of ether oxygens (including phenoxy) is 2. The van der Waals surface area contributed by atoms with Crippen molar-refractivity contribution in [2.45, 2.75) is 294 Å². The summed E-state index contributed by atoms with van der Waals surface area (Å²) in [5.41, 5.74) is 0. The Hall–Kier alpha value is -1.33. The van der Waals surface area contributed by atoms with E-state index in [-0.39, 0.29) is 12.5 Å². The van der Waals surface area contributed by atoms with Crippen LogP contribution in [-0.4, -0.2) is 87.5 Å². The van der Waals surface area contributed by atoms with Crippen molar-refractivity contribution in [3.05, 3.63) is 24.3 Å². The molecule has 0 radical (unpaired) electrons. The third kappa shape index (κ3) is 33.2. The van der Waals surface area contributed by atoms with E-state index in [1.54, 1.807) is 6.08 Å². The molecule has 1 rings (SSSR count). The third-order valence-corrected chi connectivity index (χ3v) is 12.8. The van der Waals surface area contributed by atoms with Gasteiger partial charge < -0.3 is 40.3 Å². The highest BCUT2D eigenvalue weighted by atomic mass is 16.7. The highest BCUT2D eigenvalue weighted by Gasteiger charge is 2.44. The summed E-state index contributed by atoms with van der Waals surface area (Å²) in [5, 5.41) is 54.4. The van der Waals surface area contributed by atoms with Gasteiger partial charge in [0.1, 0.15) is 24.4 Å². The number of hydrogen-bond acceptors (Lipinski definition) is 8. The second-order valence-electron chi connectivity index (χ2n) is 18.7. The minimum absolute atomic E-state index is 0.182. The Labute approximate surface area is 381 Å². The van der Waals surface area contributed by atoms with E-state index < -0.39 is 49.5 Å². The summed E-state index contributed by atoms with van der Waals surface area (Å²) in [6.07, 6.45) is 46.6. The second kappa shape index (κ2) is 43.6. The van der Waals surface area contributed by atoms with E-state index in [2.05, 4.69) is 31.3 Å². The molecule has 1 saturated heterocycles. The maximum Gasteiger partial charge on any atom is 0.220 e. The van der Waals surface area contributed by atoms with Gasteiger partial charge in [0.2, 0.25) is 5.91 Å². The van der Waals surface area contributed by atoms with Crippen LogP contribution in [0.5, 0.6) is 0 Å². The number of hydrogen-bond donors (Lipinski definition) is 6. The van der Waals surface area contributed by atoms with Crippen LogP contribution in [0, 0.1) is 0 Å². The van der Waals surface area contributed by atoms with Crippen LogP contribution in [0.1, 0.15) is 251 Å². The number of allylic oxidation sites excluding steroid dienone is 3. The van der Waals surface area contributed by atoms with Crippen LogP contribution in [0.3, 0.4) is 0 Å². The lowest BCUT2D eigenvalue weighted by Gasteiger charge is -2.40. The molecule has 366 valence electrons. The van der Waals surface area contributed by atoms with Crippen LogP contribution >= 0.6 is 0 Å². The highest BCUT2D eigenvalue weighted by molar-refractivity contribution is 5.76. The zero-order valence-electron chi connectivity index (χ0n) is 40.4. The van der Waals surface area contributed by atoms with Crippen molar-refractivity contribution in [3.8, 4) is 0 Å². The van der Waals surface area contributed by atoms with Gasteiger partial charge in [-0.1, -0.05) is 237 Å². The van der Waals surface area contributed by atoms with Gasteiger partial charge in [0.15, 0.2) is 6.29 Å². The number of carbonyl (C=O) groups is 1. The molecule has 0 aromatic heterocycles. The molecule has 6 N–H and O–H groups in total. The fourth-order valence-corrected chi connectivity index (χ4v) is 8.53. The molecule has 0 aromatic rings. The molecule has 0 aliphatic carbocycles. The third-order valence-electron chi connectivity index (χ3n) is 12.8. The van der Waals surface area contributed by atoms with Gasteiger partial charge in [-0.25, -0.2) is 0 Å². The molecule has 0 aromatic carbocycles. The maximum absolute atomic E-state index is 13.0. The highest BCUT2D eigenvalue weighted by Crippen LogP contribution is 2.23. The van der Waals surface area contributed by atoms with Crippen molar-refractivity contribution in [1.29, 1.82) is 0 Å². The van der Waals surface area contributed by atoms with Crippen LogP contribution < -0.4 is 5.32 Å². The summed E-state index contributed by atoms with van der Waals surface area (Å²) in [5.74, 6) is -0.182. The molecular formula is C53H101NO8. The van der Waals surface area contributed by atoms with Gasteiger partial charge in [-0.3, -0.25) is 4.79 Å². The van der Waals surface area contributed by atoms with Crippen LogP contribution in [0.4, 0.5) is 0 Å². The van der Waals surface area contributed by atoms with E-state index >= 15 is 0 Å². The number of unbranched alkanes of at least 4 members (excludes halogenated alkanes) is 33. The Morgan fingerprint density at radius 2 is 0.919 bits per heavy atom. The first kappa shape index (κ1) is 58.7. The van der Waals surface area contributed by atoms with Crippen molar-refractivity contribution in [3.63, 3.8) is 0 Å². The van der Waals surface area contributed by atoms with E-state index in [0.29, 0.717) is 6.42 Å². The predicted octanol–water partition coefficient (Wildman–Crippen LogP) is 12.2. The van der Waals surface area contributed by atoms with E-state index in [4.69, 9.17) is 9.47 Å². The lowest BCUT2D eigenvalue weighted by Crippen LogP contribution is -2.60. The zero-order chi connectivity index (χ0) is 45.1. The fraction of sp³-hybridized carbons (Fsp3) is 0.906. The van der Waals surface area contributed by atoms with Gasteiger partial charge in [-0.2, -0.15) is 0 Å². The predicted molar refractivity (Wildman–Crippen MR) is 258 cm³/mol. The van der Waals surface area contributed by atoms with Crippen molar-refractivity contribution in [2.75, 3.05) is 13.2 Å². The normalized spacial score (nSPS) is 20.4. The summed E-state index contributed by atoms with van der Waals surface area (Å²) in [6, 6.07) is -0.817. The molecule has 7 unspecified atom stereocenters. The van der Waals surface area contributed by atoms with Crippen molar-refractivity contribution >= 4 is 5.91 Å². The Bertz CT molecular complexity index is 1020.